The first-order valence-electron chi connectivity index (χ1n) is 7.54. The van der Waals surface area contributed by atoms with E-state index in [1.165, 1.54) is 21.5 Å². The van der Waals surface area contributed by atoms with Crippen LogP contribution in [0.3, 0.4) is 0 Å². The SMILES string of the molecule is CCO[Si](OCC)(c1cccc(C)c1)c1cccc(C)c1. The lowest BCUT2D eigenvalue weighted by molar-refractivity contribution is 0.208. The molecule has 0 heterocycles. The van der Waals surface area contributed by atoms with E-state index in [-0.39, 0.29) is 0 Å². The molecule has 0 spiro atoms. The van der Waals surface area contributed by atoms with Crippen molar-refractivity contribution in [1.29, 1.82) is 0 Å². The van der Waals surface area contributed by atoms with E-state index in [9.17, 15) is 0 Å². The van der Waals surface area contributed by atoms with Gasteiger partial charge in [-0.3, -0.25) is 0 Å². The maximum Gasteiger partial charge on any atom is 0.407 e. The molecule has 2 aromatic carbocycles. The Kier molecular flexibility index (Phi) is 5.34. The van der Waals surface area contributed by atoms with Crippen LogP contribution >= 0.6 is 0 Å². The second-order valence-electron chi connectivity index (χ2n) is 5.22. The first-order chi connectivity index (χ1) is 10.1. The maximum absolute atomic E-state index is 6.27. The molecule has 2 rings (SSSR count). The quantitative estimate of drug-likeness (QED) is 0.764. The number of benzene rings is 2. The van der Waals surface area contributed by atoms with Crippen LogP contribution in [0.5, 0.6) is 0 Å². The van der Waals surface area contributed by atoms with E-state index in [0.29, 0.717) is 13.2 Å². The second kappa shape index (κ2) is 7.03. The van der Waals surface area contributed by atoms with Gasteiger partial charge in [-0.1, -0.05) is 59.7 Å². The predicted molar refractivity (Wildman–Crippen MR) is 90.6 cm³/mol. The highest BCUT2D eigenvalue weighted by molar-refractivity contribution is 6.92. The molecule has 0 saturated heterocycles. The summed E-state index contributed by atoms with van der Waals surface area (Å²) in [5, 5.41) is 2.36. The Hall–Kier alpha value is -1.42. The number of aryl methyl sites for hydroxylation is 2. The summed E-state index contributed by atoms with van der Waals surface area (Å²) >= 11 is 0. The van der Waals surface area contributed by atoms with Crippen LogP contribution in [-0.4, -0.2) is 21.8 Å². The zero-order chi connectivity index (χ0) is 15.3. The molecule has 0 atom stereocenters. The summed E-state index contributed by atoms with van der Waals surface area (Å²) in [4.78, 5) is 0. The van der Waals surface area contributed by atoms with Crippen LogP contribution < -0.4 is 10.4 Å². The third kappa shape index (κ3) is 3.43. The molecule has 0 aliphatic rings. The highest BCUT2D eigenvalue weighted by atomic mass is 28.4. The number of hydrogen-bond acceptors (Lipinski definition) is 2. The van der Waals surface area contributed by atoms with Gasteiger partial charge < -0.3 is 8.85 Å². The Morgan fingerprint density at radius 2 is 1.19 bits per heavy atom. The van der Waals surface area contributed by atoms with Crippen LogP contribution in [0, 0.1) is 13.8 Å². The Labute approximate surface area is 129 Å². The summed E-state index contributed by atoms with van der Waals surface area (Å²) in [6.45, 7) is 9.58. The number of hydrogen-bond donors (Lipinski definition) is 0. The first-order valence-corrected chi connectivity index (χ1v) is 9.36. The van der Waals surface area contributed by atoms with Gasteiger partial charge in [0.25, 0.3) is 0 Å². The molecule has 0 unspecified atom stereocenters. The highest BCUT2D eigenvalue weighted by Gasteiger charge is 2.42. The van der Waals surface area contributed by atoms with Crippen molar-refractivity contribution in [2.45, 2.75) is 27.7 Å². The van der Waals surface area contributed by atoms with Gasteiger partial charge in [0.05, 0.1) is 0 Å². The van der Waals surface area contributed by atoms with Crippen molar-refractivity contribution < 1.29 is 8.85 Å². The first kappa shape index (κ1) is 16.0. The highest BCUT2D eigenvalue weighted by Crippen LogP contribution is 2.12. The Morgan fingerprint density at radius 3 is 1.52 bits per heavy atom. The van der Waals surface area contributed by atoms with E-state index in [1.54, 1.807) is 0 Å². The fraction of sp³-hybridized carbons (Fsp3) is 0.333. The lowest BCUT2D eigenvalue weighted by Gasteiger charge is -2.31. The van der Waals surface area contributed by atoms with Gasteiger partial charge in [0.1, 0.15) is 0 Å². The molecular formula is C18H24O2Si. The van der Waals surface area contributed by atoms with Gasteiger partial charge in [0.15, 0.2) is 0 Å². The topological polar surface area (TPSA) is 18.5 Å². The summed E-state index contributed by atoms with van der Waals surface area (Å²) < 4.78 is 12.5. The molecule has 3 heteroatoms. The van der Waals surface area contributed by atoms with Crippen LogP contribution in [0.1, 0.15) is 25.0 Å². The fourth-order valence-corrected chi connectivity index (χ4v) is 6.01. The number of rotatable bonds is 6. The largest absolute Gasteiger partial charge is 0.407 e. The van der Waals surface area contributed by atoms with E-state index in [0.717, 1.165) is 0 Å². The van der Waals surface area contributed by atoms with E-state index in [4.69, 9.17) is 8.85 Å². The zero-order valence-corrected chi connectivity index (χ0v) is 14.3. The summed E-state index contributed by atoms with van der Waals surface area (Å²) in [5.41, 5.74) is 2.47. The molecule has 0 bridgehead atoms. The van der Waals surface area contributed by atoms with Crippen LogP contribution in [0.15, 0.2) is 48.5 Å². The molecule has 0 fully saturated rings. The molecular weight excluding hydrogens is 276 g/mol. The molecule has 0 aromatic heterocycles. The van der Waals surface area contributed by atoms with Gasteiger partial charge in [-0.2, -0.15) is 0 Å². The standard InChI is InChI=1S/C18H24O2Si/c1-5-19-21(20-6-2,17-11-7-9-15(3)13-17)18-12-8-10-16(4)14-18/h7-14H,5-6H2,1-4H3. The lowest BCUT2D eigenvalue weighted by Crippen LogP contribution is -2.63. The smallest absolute Gasteiger partial charge is 0.388 e. The summed E-state index contributed by atoms with van der Waals surface area (Å²) in [6.07, 6.45) is 0. The van der Waals surface area contributed by atoms with E-state index in [1.807, 2.05) is 13.8 Å². The third-order valence-corrected chi connectivity index (χ3v) is 7.02. The molecule has 0 radical (unpaired) electrons. The van der Waals surface area contributed by atoms with Crippen molar-refractivity contribution in [2.24, 2.45) is 0 Å². The minimum atomic E-state index is -2.61. The van der Waals surface area contributed by atoms with Gasteiger partial charge in [0, 0.05) is 13.2 Å². The summed E-state index contributed by atoms with van der Waals surface area (Å²) in [5.74, 6) is 0. The molecule has 2 nitrogen and oxygen atoms in total. The van der Waals surface area contributed by atoms with Crippen molar-refractivity contribution in [1.82, 2.24) is 0 Å². The molecule has 21 heavy (non-hydrogen) atoms. The fourth-order valence-electron chi connectivity index (χ4n) is 2.65. The van der Waals surface area contributed by atoms with E-state index < -0.39 is 8.56 Å². The second-order valence-corrected chi connectivity index (χ2v) is 8.19. The molecule has 0 aliphatic heterocycles. The van der Waals surface area contributed by atoms with Crippen LogP contribution in [0.2, 0.25) is 0 Å². The Balaban J connectivity index is 2.62. The molecule has 112 valence electrons. The molecule has 0 saturated carbocycles. The van der Waals surface area contributed by atoms with Gasteiger partial charge in [-0.15, -0.1) is 0 Å². The van der Waals surface area contributed by atoms with Crippen LogP contribution in [0.4, 0.5) is 0 Å². The average Bonchev–Trinajstić information content (AvgIpc) is 2.47. The van der Waals surface area contributed by atoms with Crippen molar-refractivity contribution in [3.63, 3.8) is 0 Å². The van der Waals surface area contributed by atoms with Crippen molar-refractivity contribution >= 4 is 18.9 Å². The Bertz CT molecular complexity index is 542. The summed E-state index contributed by atoms with van der Waals surface area (Å²) in [7, 11) is -2.61. The maximum atomic E-state index is 6.27. The minimum Gasteiger partial charge on any atom is -0.388 e. The minimum absolute atomic E-state index is 0.647. The van der Waals surface area contributed by atoms with Crippen molar-refractivity contribution in [3.05, 3.63) is 59.7 Å². The zero-order valence-electron chi connectivity index (χ0n) is 13.3. The molecule has 2 aromatic rings. The molecule has 0 aliphatic carbocycles. The predicted octanol–water partition coefficient (Wildman–Crippen LogP) is 2.93. The molecule has 0 amide bonds. The van der Waals surface area contributed by atoms with Crippen LogP contribution in [0.25, 0.3) is 0 Å². The monoisotopic (exact) mass is 300 g/mol. The van der Waals surface area contributed by atoms with Gasteiger partial charge >= 0.3 is 8.56 Å². The third-order valence-electron chi connectivity index (χ3n) is 3.49. The summed E-state index contributed by atoms with van der Waals surface area (Å²) in [6, 6.07) is 17.0. The van der Waals surface area contributed by atoms with E-state index >= 15 is 0 Å². The Morgan fingerprint density at radius 1 is 0.762 bits per heavy atom. The van der Waals surface area contributed by atoms with Gasteiger partial charge in [-0.25, -0.2) is 0 Å². The van der Waals surface area contributed by atoms with Crippen LogP contribution in [-0.2, 0) is 8.85 Å². The van der Waals surface area contributed by atoms with Crippen molar-refractivity contribution in [3.8, 4) is 0 Å². The normalized spacial score (nSPS) is 11.6. The van der Waals surface area contributed by atoms with Gasteiger partial charge in [-0.05, 0) is 38.1 Å². The van der Waals surface area contributed by atoms with E-state index in [2.05, 4.69) is 62.4 Å². The average molecular weight is 300 g/mol. The lowest BCUT2D eigenvalue weighted by atomic mass is 10.2. The molecule has 0 N–H and O–H groups in total. The van der Waals surface area contributed by atoms with Crippen molar-refractivity contribution in [2.75, 3.05) is 13.2 Å². The van der Waals surface area contributed by atoms with Gasteiger partial charge in [0.2, 0.25) is 0 Å².